The molecule has 3 rings (SSSR count). The quantitative estimate of drug-likeness (QED) is 0.266. The van der Waals surface area contributed by atoms with Crippen molar-refractivity contribution in [3.63, 3.8) is 0 Å². The number of benzene rings is 2. The molecule has 3 atom stereocenters. The van der Waals surface area contributed by atoms with Crippen molar-refractivity contribution in [1.29, 1.82) is 0 Å². The largest absolute Gasteiger partial charge is 0.746 e. The van der Waals surface area contributed by atoms with Crippen molar-refractivity contribution >= 4 is 7.82 Å². The van der Waals surface area contributed by atoms with Gasteiger partial charge in [0.1, 0.15) is 13.2 Å². The molecule has 0 radical (unpaired) electrons. The maximum Gasteiger partial charge on any atom is 0.320 e. The lowest BCUT2D eigenvalue weighted by molar-refractivity contribution is -0.870. The van der Waals surface area contributed by atoms with Gasteiger partial charge in [-0.3, -0.25) is 4.57 Å². The van der Waals surface area contributed by atoms with E-state index < -0.39 is 7.82 Å². The van der Waals surface area contributed by atoms with Gasteiger partial charge in [-0.05, 0) is 48.2 Å². The predicted molar refractivity (Wildman–Crippen MR) is 139 cm³/mol. The fraction of sp³-hybridized carbons (Fsp3) is 0.538. The maximum absolute atomic E-state index is 12.6. The van der Waals surface area contributed by atoms with E-state index in [0.29, 0.717) is 52.4 Å². The van der Waals surface area contributed by atoms with Gasteiger partial charge >= 0.3 is 7.82 Å². The van der Waals surface area contributed by atoms with E-state index in [1.54, 1.807) is 33.5 Å². The molecule has 11 nitrogen and oxygen atoms in total. The number of likely N-dealkylation sites (N-methyl/N-ethyl adjacent to an activating group) is 1. The van der Waals surface area contributed by atoms with Gasteiger partial charge in [-0.1, -0.05) is 0 Å². The second kappa shape index (κ2) is 12.4. The summed E-state index contributed by atoms with van der Waals surface area (Å²) in [4.78, 5) is 12.6. The Morgan fingerprint density at radius 3 is 1.61 bits per heavy atom. The van der Waals surface area contributed by atoms with E-state index in [2.05, 4.69) is 0 Å². The van der Waals surface area contributed by atoms with Gasteiger partial charge in [-0.2, -0.15) is 0 Å². The second-order valence-corrected chi connectivity index (χ2v) is 11.1. The number of methoxy groups -OCH3 is 5. The smallest absolute Gasteiger partial charge is 0.320 e. The van der Waals surface area contributed by atoms with Crippen LogP contribution in [-0.4, -0.2) is 74.3 Å². The minimum Gasteiger partial charge on any atom is -0.746 e. The van der Waals surface area contributed by atoms with E-state index in [1.807, 2.05) is 33.3 Å². The van der Waals surface area contributed by atoms with Crippen LogP contribution >= 0.6 is 7.82 Å². The molecule has 2 aromatic carbocycles. The molecule has 1 saturated heterocycles. The predicted octanol–water partition coefficient (Wildman–Crippen LogP) is 3.89. The Labute approximate surface area is 224 Å². The first-order valence-electron chi connectivity index (χ1n) is 12.1. The third-order valence-corrected chi connectivity index (χ3v) is 7.06. The van der Waals surface area contributed by atoms with E-state index in [1.165, 1.54) is 14.2 Å². The summed E-state index contributed by atoms with van der Waals surface area (Å²) in [5.74, 6) is 1.98. The molecular weight excluding hydrogens is 517 g/mol. The molecule has 0 amide bonds. The minimum atomic E-state index is -4.68. The molecule has 0 saturated carbocycles. The fourth-order valence-electron chi connectivity index (χ4n) is 4.19. The van der Waals surface area contributed by atoms with Gasteiger partial charge in [-0.15, -0.1) is 0 Å². The highest BCUT2D eigenvalue weighted by atomic mass is 31.2. The van der Waals surface area contributed by atoms with Crippen molar-refractivity contribution in [2.45, 2.75) is 25.0 Å². The Hall–Kier alpha value is -2.69. The Morgan fingerprint density at radius 1 is 0.789 bits per heavy atom. The molecular formula is C26H38NO10P. The molecule has 1 aliphatic heterocycles. The number of ether oxygens (including phenoxy) is 6. The minimum absolute atomic E-state index is 0.0222. The summed E-state index contributed by atoms with van der Waals surface area (Å²) in [5.41, 5.74) is 1.55. The number of hydrogen-bond acceptors (Lipinski definition) is 10. The highest BCUT2D eigenvalue weighted by molar-refractivity contribution is 7.46. The Balaban J connectivity index is 1.86. The van der Waals surface area contributed by atoms with Crippen molar-refractivity contribution in [1.82, 2.24) is 0 Å². The Morgan fingerprint density at radius 2 is 1.21 bits per heavy atom. The van der Waals surface area contributed by atoms with Crippen LogP contribution in [0.2, 0.25) is 0 Å². The molecule has 1 heterocycles. The van der Waals surface area contributed by atoms with Crippen molar-refractivity contribution < 1.29 is 51.4 Å². The first-order valence-corrected chi connectivity index (χ1v) is 13.6. The Bertz CT molecular complexity index is 1120. The van der Waals surface area contributed by atoms with Crippen LogP contribution in [0.1, 0.15) is 36.2 Å². The van der Waals surface area contributed by atoms with Gasteiger partial charge in [0.25, 0.3) is 0 Å². The van der Waals surface area contributed by atoms with E-state index in [4.69, 9.17) is 37.5 Å². The van der Waals surface area contributed by atoms with Crippen LogP contribution in [0.3, 0.4) is 0 Å². The number of phosphoric acid groups is 1. The maximum atomic E-state index is 12.6. The van der Waals surface area contributed by atoms with Gasteiger partial charge in [-0.25, -0.2) is 0 Å². The van der Waals surface area contributed by atoms with E-state index in [-0.39, 0.29) is 30.3 Å². The van der Waals surface area contributed by atoms with Crippen LogP contribution in [0.5, 0.6) is 34.5 Å². The van der Waals surface area contributed by atoms with Crippen molar-refractivity contribution in [2.24, 2.45) is 0 Å². The lowest BCUT2D eigenvalue weighted by Gasteiger charge is -2.28. The highest BCUT2D eigenvalue weighted by Crippen LogP contribution is 2.51. The monoisotopic (exact) mass is 555 g/mol. The molecule has 0 aliphatic carbocycles. The molecule has 2 aromatic rings. The third kappa shape index (κ3) is 7.24. The molecule has 1 aliphatic rings. The number of phosphoric ester groups is 1. The van der Waals surface area contributed by atoms with Crippen molar-refractivity contribution in [3.05, 3.63) is 35.4 Å². The van der Waals surface area contributed by atoms with Gasteiger partial charge in [0.15, 0.2) is 23.0 Å². The van der Waals surface area contributed by atoms with E-state index in [9.17, 15) is 9.46 Å². The standard InChI is InChI=1S/C26H38NO10P/c1-27(2,3)11-12-35-38(28,29)37-24-16-18(15-23(32-6)26(24)34-8)20-10-9-19(36-20)17-13-21(30-4)25(33-7)22(14-17)31-5/h13-16,19-20H,9-12H2,1-8H3/t19-,20-/m0/s1. The number of rotatable bonds is 13. The van der Waals surface area contributed by atoms with E-state index >= 15 is 0 Å². The molecule has 12 heteroatoms. The first kappa shape index (κ1) is 29.9. The topological polar surface area (TPSA) is 114 Å². The summed E-state index contributed by atoms with van der Waals surface area (Å²) >= 11 is 0. The SMILES string of the molecule is COc1cc([C@@H]2CC[C@@H](c3cc(OC)c(OC)c(OP(=O)([O-])OCC[N+](C)(C)C)c3)O2)cc(OC)c1OC. The molecule has 1 unspecified atom stereocenters. The molecule has 0 bridgehead atoms. The number of quaternary nitrogens is 1. The average Bonchev–Trinajstić information content (AvgIpc) is 3.36. The normalized spacial score (nSPS) is 19.0. The van der Waals surface area contributed by atoms with Crippen molar-refractivity contribution in [3.8, 4) is 34.5 Å². The van der Waals surface area contributed by atoms with Gasteiger partial charge in [0, 0.05) is 0 Å². The summed E-state index contributed by atoms with van der Waals surface area (Å²) in [6.45, 7) is 0.458. The molecule has 0 spiro atoms. The van der Waals surface area contributed by atoms with Crippen LogP contribution in [0.15, 0.2) is 24.3 Å². The second-order valence-electron chi connectivity index (χ2n) is 9.79. The van der Waals surface area contributed by atoms with Crippen LogP contribution in [-0.2, 0) is 13.8 Å². The highest BCUT2D eigenvalue weighted by Gasteiger charge is 2.31. The van der Waals surface area contributed by atoms with Gasteiger partial charge in [0.2, 0.25) is 11.5 Å². The molecule has 0 N–H and O–H groups in total. The summed E-state index contributed by atoms with van der Waals surface area (Å²) in [7, 11) is 8.67. The first-order chi connectivity index (χ1) is 17.9. The van der Waals surface area contributed by atoms with Gasteiger partial charge < -0.3 is 46.8 Å². The third-order valence-electron chi connectivity index (χ3n) is 6.14. The molecule has 1 fully saturated rings. The summed E-state index contributed by atoms with van der Waals surface area (Å²) < 4.78 is 57.2. The fourth-order valence-corrected chi connectivity index (χ4v) is 4.93. The summed E-state index contributed by atoms with van der Waals surface area (Å²) in [6, 6.07) is 7.05. The van der Waals surface area contributed by atoms with Crippen molar-refractivity contribution in [2.75, 3.05) is 69.8 Å². The van der Waals surface area contributed by atoms with E-state index in [0.717, 1.165) is 5.56 Å². The average molecular weight is 556 g/mol. The molecule has 38 heavy (non-hydrogen) atoms. The van der Waals surface area contributed by atoms with Crippen LogP contribution in [0.25, 0.3) is 0 Å². The zero-order chi connectivity index (χ0) is 28.1. The number of nitrogens with zero attached hydrogens (tertiary/aromatic N) is 1. The molecule has 0 aromatic heterocycles. The lowest BCUT2D eigenvalue weighted by Crippen LogP contribution is -2.37. The molecule has 212 valence electrons. The number of hydrogen-bond donors (Lipinski definition) is 0. The summed E-state index contributed by atoms with van der Waals surface area (Å²) in [6.07, 6.45) is 0.773. The Kier molecular flexibility index (Phi) is 9.78. The zero-order valence-corrected chi connectivity index (χ0v) is 24.2. The van der Waals surface area contributed by atoms with Gasteiger partial charge in [0.05, 0.1) is 68.9 Å². The zero-order valence-electron chi connectivity index (χ0n) is 23.3. The summed E-state index contributed by atoms with van der Waals surface area (Å²) in [5, 5.41) is 0. The van der Waals surface area contributed by atoms with Crippen LogP contribution in [0.4, 0.5) is 0 Å². The lowest BCUT2D eigenvalue weighted by atomic mass is 10.0. The van der Waals surface area contributed by atoms with Crippen LogP contribution in [0, 0.1) is 0 Å². The van der Waals surface area contributed by atoms with Crippen LogP contribution < -0.4 is 33.1 Å².